The number of hydrogen-bond acceptors (Lipinski definition) is 4. The van der Waals surface area contributed by atoms with Crippen LogP contribution in [0.2, 0.25) is 0 Å². The summed E-state index contributed by atoms with van der Waals surface area (Å²) in [4.78, 5) is 12.3. The van der Waals surface area contributed by atoms with E-state index in [2.05, 4.69) is 10.6 Å². The van der Waals surface area contributed by atoms with Crippen molar-refractivity contribution >= 4 is 12.0 Å². The van der Waals surface area contributed by atoms with Crippen LogP contribution in [0.25, 0.3) is 6.08 Å². The van der Waals surface area contributed by atoms with E-state index in [1.165, 1.54) is 0 Å². The van der Waals surface area contributed by atoms with Crippen molar-refractivity contribution in [3.63, 3.8) is 0 Å². The maximum absolute atomic E-state index is 12.3. The molecule has 1 atom stereocenters. The fourth-order valence-electron chi connectivity index (χ4n) is 2.67. The first kappa shape index (κ1) is 13.9. The molecule has 1 amide bonds. The zero-order chi connectivity index (χ0) is 14.7. The zero-order valence-corrected chi connectivity index (χ0v) is 12.1. The second-order valence-electron chi connectivity index (χ2n) is 5.38. The summed E-state index contributed by atoms with van der Waals surface area (Å²) in [6.07, 6.45) is 4.00. The fourth-order valence-corrected chi connectivity index (χ4v) is 2.67. The lowest BCUT2D eigenvalue weighted by Crippen LogP contribution is -2.46. The van der Waals surface area contributed by atoms with Gasteiger partial charge in [0.25, 0.3) is 5.91 Å². The number of benzene rings is 1. The van der Waals surface area contributed by atoms with Crippen LogP contribution in [0.4, 0.5) is 0 Å². The van der Waals surface area contributed by atoms with Crippen LogP contribution in [0.3, 0.4) is 0 Å². The number of rotatable bonds is 3. The third kappa shape index (κ3) is 3.19. The summed E-state index contributed by atoms with van der Waals surface area (Å²) in [5, 5.41) is 6.36. The Kier molecular flexibility index (Phi) is 4.10. The molecule has 1 saturated heterocycles. The number of piperidine rings is 1. The van der Waals surface area contributed by atoms with E-state index in [0.717, 1.165) is 43.0 Å². The predicted octanol–water partition coefficient (Wildman–Crippen LogP) is 1.34. The van der Waals surface area contributed by atoms with Crippen molar-refractivity contribution < 1.29 is 14.3 Å². The summed E-state index contributed by atoms with van der Waals surface area (Å²) < 4.78 is 10.8. The predicted molar refractivity (Wildman–Crippen MR) is 80.5 cm³/mol. The van der Waals surface area contributed by atoms with Crippen LogP contribution in [0.15, 0.2) is 23.8 Å². The van der Waals surface area contributed by atoms with Crippen LogP contribution in [0.1, 0.15) is 18.4 Å². The highest BCUT2D eigenvalue weighted by molar-refractivity contribution is 5.99. The van der Waals surface area contributed by atoms with E-state index in [0.29, 0.717) is 12.2 Å². The number of carbonyl (C=O) groups is 1. The van der Waals surface area contributed by atoms with Gasteiger partial charge < -0.3 is 20.1 Å². The molecule has 1 aromatic carbocycles. The molecule has 0 bridgehead atoms. The number of amides is 1. The topological polar surface area (TPSA) is 59.6 Å². The molecule has 1 unspecified atom stereocenters. The molecule has 112 valence electrons. The van der Waals surface area contributed by atoms with Crippen LogP contribution in [0, 0.1) is 0 Å². The first-order valence-corrected chi connectivity index (χ1v) is 7.29. The van der Waals surface area contributed by atoms with E-state index in [1.54, 1.807) is 7.11 Å². The monoisotopic (exact) mass is 288 g/mol. The van der Waals surface area contributed by atoms with Crippen LogP contribution < -0.4 is 20.1 Å². The molecule has 5 nitrogen and oxygen atoms in total. The second kappa shape index (κ2) is 6.18. The lowest BCUT2D eigenvalue weighted by Gasteiger charge is -2.25. The lowest BCUT2D eigenvalue weighted by atomic mass is 10.0. The largest absolute Gasteiger partial charge is 0.497 e. The van der Waals surface area contributed by atoms with Gasteiger partial charge in [-0.1, -0.05) is 0 Å². The van der Waals surface area contributed by atoms with Crippen molar-refractivity contribution in [2.24, 2.45) is 0 Å². The molecule has 0 aliphatic carbocycles. The summed E-state index contributed by atoms with van der Waals surface area (Å²) in [6, 6.07) is 5.80. The highest BCUT2D eigenvalue weighted by atomic mass is 16.5. The Morgan fingerprint density at radius 2 is 2.38 bits per heavy atom. The fraction of sp³-hybridized carbons (Fsp3) is 0.438. The van der Waals surface area contributed by atoms with Gasteiger partial charge in [0.05, 0.1) is 12.7 Å². The van der Waals surface area contributed by atoms with E-state index in [-0.39, 0.29) is 11.9 Å². The zero-order valence-electron chi connectivity index (χ0n) is 12.1. The third-order valence-corrected chi connectivity index (χ3v) is 3.85. The van der Waals surface area contributed by atoms with Crippen LogP contribution in [-0.2, 0) is 4.79 Å². The SMILES string of the molecule is COc1ccc2c(c1)C=C(C(=O)NC1CCCNC1)CO2. The molecule has 5 heteroatoms. The van der Waals surface area contributed by atoms with Crippen molar-refractivity contribution in [2.75, 3.05) is 26.8 Å². The molecule has 0 aromatic heterocycles. The van der Waals surface area contributed by atoms with Crippen LogP contribution in [-0.4, -0.2) is 38.8 Å². The Hall–Kier alpha value is -2.01. The van der Waals surface area contributed by atoms with Crippen molar-refractivity contribution in [1.29, 1.82) is 0 Å². The standard InChI is InChI=1S/C16H20N2O3/c1-20-14-4-5-15-11(8-14)7-12(10-21-15)16(19)18-13-3-2-6-17-9-13/h4-5,7-8,13,17H,2-3,6,9-10H2,1H3,(H,18,19). The minimum atomic E-state index is -0.0443. The summed E-state index contributed by atoms with van der Waals surface area (Å²) in [7, 11) is 1.62. The molecule has 1 fully saturated rings. The summed E-state index contributed by atoms with van der Waals surface area (Å²) >= 11 is 0. The minimum Gasteiger partial charge on any atom is -0.497 e. The highest BCUT2D eigenvalue weighted by Crippen LogP contribution is 2.29. The molecule has 2 aliphatic heterocycles. The van der Waals surface area contributed by atoms with Gasteiger partial charge in [-0.2, -0.15) is 0 Å². The molecule has 3 rings (SSSR count). The van der Waals surface area contributed by atoms with Crippen molar-refractivity contribution in [3.05, 3.63) is 29.3 Å². The maximum atomic E-state index is 12.3. The summed E-state index contributed by atoms with van der Waals surface area (Å²) in [5.74, 6) is 1.50. The van der Waals surface area contributed by atoms with Gasteiger partial charge in [0.15, 0.2) is 0 Å². The van der Waals surface area contributed by atoms with E-state index in [9.17, 15) is 4.79 Å². The number of ether oxygens (including phenoxy) is 2. The molecular formula is C16H20N2O3. The van der Waals surface area contributed by atoms with E-state index < -0.39 is 0 Å². The van der Waals surface area contributed by atoms with Crippen LogP contribution >= 0.6 is 0 Å². The van der Waals surface area contributed by atoms with Gasteiger partial charge >= 0.3 is 0 Å². The number of carbonyl (C=O) groups excluding carboxylic acids is 1. The Morgan fingerprint density at radius 1 is 1.48 bits per heavy atom. The Morgan fingerprint density at radius 3 is 3.14 bits per heavy atom. The molecule has 2 heterocycles. The first-order valence-electron chi connectivity index (χ1n) is 7.29. The molecule has 0 saturated carbocycles. The van der Waals surface area contributed by atoms with Gasteiger partial charge in [-0.15, -0.1) is 0 Å². The molecule has 1 aromatic rings. The second-order valence-corrected chi connectivity index (χ2v) is 5.38. The van der Waals surface area contributed by atoms with Gasteiger partial charge in [0.2, 0.25) is 0 Å². The quantitative estimate of drug-likeness (QED) is 0.881. The molecule has 2 N–H and O–H groups in total. The van der Waals surface area contributed by atoms with Gasteiger partial charge in [0, 0.05) is 18.2 Å². The van der Waals surface area contributed by atoms with Crippen LogP contribution in [0.5, 0.6) is 11.5 Å². The lowest BCUT2D eigenvalue weighted by molar-refractivity contribution is -0.118. The maximum Gasteiger partial charge on any atom is 0.250 e. The van der Waals surface area contributed by atoms with E-state index in [1.807, 2.05) is 24.3 Å². The van der Waals surface area contributed by atoms with Crippen molar-refractivity contribution in [1.82, 2.24) is 10.6 Å². The van der Waals surface area contributed by atoms with Gasteiger partial charge in [-0.25, -0.2) is 0 Å². The number of methoxy groups -OCH3 is 1. The molecular weight excluding hydrogens is 268 g/mol. The minimum absolute atomic E-state index is 0.0443. The average molecular weight is 288 g/mol. The summed E-state index contributed by atoms with van der Waals surface area (Å²) in [5.41, 5.74) is 1.54. The number of nitrogens with one attached hydrogen (secondary N) is 2. The van der Waals surface area contributed by atoms with Gasteiger partial charge in [0.1, 0.15) is 18.1 Å². The molecule has 0 radical (unpaired) electrons. The van der Waals surface area contributed by atoms with E-state index >= 15 is 0 Å². The molecule has 21 heavy (non-hydrogen) atoms. The van der Waals surface area contributed by atoms with E-state index in [4.69, 9.17) is 9.47 Å². The van der Waals surface area contributed by atoms with Gasteiger partial charge in [-0.05, 0) is 43.7 Å². The highest BCUT2D eigenvalue weighted by Gasteiger charge is 2.21. The first-order chi connectivity index (χ1) is 10.3. The van der Waals surface area contributed by atoms with Crippen molar-refractivity contribution in [3.8, 4) is 11.5 Å². The smallest absolute Gasteiger partial charge is 0.250 e. The average Bonchev–Trinajstić information content (AvgIpc) is 2.54. The Balaban J connectivity index is 1.72. The normalized spacial score (nSPS) is 20.8. The molecule has 0 spiro atoms. The summed E-state index contributed by atoms with van der Waals surface area (Å²) in [6.45, 7) is 2.18. The van der Waals surface area contributed by atoms with Gasteiger partial charge in [-0.3, -0.25) is 4.79 Å². The third-order valence-electron chi connectivity index (χ3n) is 3.85. The van der Waals surface area contributed by atoms with Crippen molar-refractivity contribution in [2.45, 2.75) is 18.9 Å². The Labute approximate surface area is 124 Å². The molecule has 2 aliphatic rings. The number of fused-ring (bicyclic) bond motifs is 1. The Bertz CT molecular complexity index is 563. The number of hydrogen-bond donors (Lipinski definition) is 2.